The number of carboxylic acid groups (broad SMARTS) is 1. The van der Waals surface area contributed by atoms with Crippen LogP contribution in [0.15, 0.2) is 30.4 Å². The van der Waals surface area contributed by atoms with Gasteiger partial charge >= 0.3 is 5.97 Å². The quantitative estimate of drug-likeness (QED) is 0.159. The average molecular weight is 482 g/mol. The van der Waals surface area contributed by atoms with Crippen LogP contribution in [0.3, 0.4) is 0 Å². The van der Waals surface area contributed by atoms with Crippen molar-refractivity contribution >= 4 is 42.0 Å². The minimum absolute atomic E-state index is 0.0677. The van der Waals surface area contributed by atoms with Gasteiger partial charge < -0.3 is 21.1 Å². The summed E-state index contributed by atoms with van der Waals surface area (Å²) in [5.41, 5.74) is 8.81. The van der Waals surface area contributed by atoms with E-state index in [1.54, 1.807) is 11.8 Å². The lowest BCUT2D eigenvalue weighted by atomic mass is 10.0. The molecule has 0 spiro atoms. The van der Waals surface area contributed by atoms with E-state index in [-0.39, 0.29) is 24.9 Å². The largest absolute Gasteiger partial charge is 0.480 e. The molecule has 0 aliphatic heterocycles. The third kappa shape index (κ3) is 9.88. The predicted octanol–water partition coefficient (Wildman–Crippen LogP) is 4.34. The monoisotopic (exact) mass is 481 g/mol. The van der Waals surface area contributed by atoms with Gasteiger partial charge in [-0.15, -0.1) is 0 Å². The number of aliphatic carboxylic acids is 1. The first-order chi connectivity index (χ1) is 15.3. The molecule has 8 heteroatoms. The Morgan fingerprint density at radius 1 is 1.34 bits per heavy atom. The van der Waals surface area contributed by atoms with Crippen LogP contribution in [0.2, 0.25) is 0 Å². The zero-order chi connectivity index (χ0) is 23.9. The Hall–Kier alpha value is -1.64. The summed E-state index contributed by atoms with van der Waals surface area (Å²) in [6.45, 7) is 4.95. The first-order valence-corrected chi connectivity index (χ1v) is 13.2. The number of rotatable bonds is 16. The number of hydrogen-bond acceptors (Lipinski definition) is 6. The standard InChI is InChI=1S/C24H39N3O3S2/c1-4-5-6-7-8-12-23(28)27(22(24(29)30)13-14-32-3)16-19-10-9-11-21(18(19)2)26-15-20(25)17-31/h7-11,20,22,26,31H,4-6,12-17,25H2,1-3H3,(H,29,30)/b8-7+/t20-,22-/m1/s1. The molecule has 0 aliphatic rings. The van der Waals surface area contributed by atoms with Gasteiger partial charge in [0.15, 0.2) is 0 Å². The molecule has 6 nitrogen and oxygen atoms in total. The SMILES string of the molecule is CCCC/C=C/CC(=O)N(Cc1cccc(NC[C@@H](N)CS)c1C)[C@H](CCSC)C(=O)O. The molecule has 0 radical (unpaired) electrons. The second kappa shape index (κ2) is 16.0. The molecule has 0 saturated carbocycles. The fourth-order valence-corrected chi connectivity index (χ4v) is 3.88. The van der Waals surface area contributed by atoms with E-state index in [4.69, 9.17) is 5.73 Å². The minimum atomic E-state index is -0.964. The highest BCUT2D eigenvalue weighted by Gasteiger charge is 2.29. The van der Waals surface area contributed by atoms with E-state index in [9.17, 15) is 14.7 Å². The zero-order valence-electron chi connectivity index (χ0n) is 19.5. The van der Waals surface area contributed by atoms with Crippen molar-refractivity contribution in [1.29, 1.82) is 0 Å². The van der Waals surface area contributed by atoms with Crippen molar-refractivity contribution < 1.29 is 14.7 Å². The highest BCUT2D eigenvalue weighted by molar-refractivity contribution is 7.98. The maximum atomic E-state index is 13.1. The van der Waals surface area contributed by atoms with E-state index in [1.165, 1.54) is 4.90 Å². The van der Waals surface area contributed by atoms with E-state index >= 15 is 0 Å². The van der Waals surface area contributed by atoms with E-state index in [1.807, 2.05) is 43.5 Å². The van der Waals surface area contributed by atoms with Crippen LogP contribution in [0.1, 0.15) is 50.2 Å². The maximum absolute atomic E-state index is 13.1. The Bertz CT molecular complexity index is 743. The molecule has 32 heavy (non-hydrogen) atoms. The number of hydrogen-bond donors (Lipinski definition) is 4. The Kier molecular flexibility index (Phi) is 14.2. The molecule has 1 aromatic carbocycles. The number of nitrogens with one attached hydrogen (secondary N) is 1. The summed E-state index contributed by atoms with van der Waals surface area (Å²) in [5, 5.41) is 13.2. The summed E-state index contributed by atoms with van der Waals surface area (Å²) in [7, 11) is 0. The molecule has 0 unspecified atom stereocenters. The second-order valence-corrected chi connectivity index (χ2v) is 9.24. The molecule has 180 valence electrons. The number of thiol groups is 1. The molecular formula is C24H39N3O3S2. The van der Waals surface area contributed by atoms with Crippen LogP contribution in [0, 0.1) is 6.92 Å². The van der Waals surface area contributed by atoms with Crippen molar-refractivity contribution in [3.63, 3.8) is 0 Å². The second-order valence-electron chi connectivity index (χ2n) is 7.89. The molecule has 1 amide bonds. The van der Waals surface area contributed by atoms with Crippen LogP contribution in [0.5, 0.6) is 0 Å². The van der Waals surface area contributed by atoms with Crippen LogP contribution in [-0.2, 0) is 16.1 Å². The molecule has 0 fully saturated rings. The van der Waals surface area contributed by atoms with Crippen molar-refractivity contribution in [2.45, 2.75) is 64.6 Å². The molecule has 0 aromatic heterocycles. The van der Waals surface area contributed by atoms with E-state index in [0.29, 0.717) is 24.5 Å². The summed E-state index contributed by atoms with van der Waals surface area (Å²) in [5.74, 6) is 0.125. The van der Waals surface area contributed by atoms with Crippen molar-refractivity contribution in [2.75, 3.05) is 29.6 Å². The smallest absolute Gasteiger partial charge is 0.326 e. The Morgan fingerprint density at radius 2 is 2.09 bits per heavy atom. The van der Waals surface area contributed by atoms with Gasteiger partial charge in [-0.2, -0.15) is 24.4 Å². The molecule has 0 saturated heterocycles. The summed E-state index contributed by atoms with van der Waals surface area (Å²) in [6, 6.07) is 4.91. The summed E-state index contributed by atoms with van der Waals surface area (Å²) < 4.78 is 0. The third-order valence-corrected chi connectivity index (χ3v) is 6.45. The lowest BCUT2D eigenvalue weighted by Gasteiger charge is -2.30. The molecule has 1 aromatic rings. The number of nitrogens with zero attached hydrogens (tertiary/aromatic N) is 1. The average Bonchev–Trinajstić information content (AvgIpc) is 2.78. The van der Waals surface area contributed by atoms with Crippen molar-refractivity contribution in [3.8, 4) is 0 Å². The number of thioether (sulfide) groups is 1. The summed E-state index contributed by atoms with van der Waals surface area (Å²) >= 11 is 5.80. The fourth-order valence-electron chi connectivity index (χ4n) is 3.29. The number of unbranched alkanes of at least 4 members (excludes halogenated alkanes) is 2. The van der Waals surface area contributed by atoms with Crippen LogP contribution in [0.25, 0.3) is 0 Å². The number of carbonyl (C=O) groups excluding carboxylic acids is 1. The lowest BCUT2D eigenvalue weighted by molar-refractivity contribution is -0.150. The highest BCUT2D eigenvalue weighted by atomic mass is 32.2. The summed E-state index contributed by atoms with van der Waals surface area (Å²) in [6.07, 6.45) is 9.55. The number of carboxylic acids is 1. The molecule has 1 rings (SSSR count). The predicted molar refractivity (Wildman–Crippen MR) is 140 cm³/mol. The Morgan fingerprint density at radius 3 is 2.72 bits per heavy atom. The van der Waals surface area contributed by atoms with Gasteiger partial charge in [-0.3, -0.25) is 4.79 Å². The number of benzene rings is 1. The molecule has 0 bridgehead atoms. The zero-order valence-corrected chi connectivity index (χ0v) is 21.3. The molecule has 4 N–H and O–H groups in total. The Labute approximate surface area is 202 Å². The Balaban J connectivity index is 3.10. The van der Waals surface area contributed by atoms with Gasteiger partial charge in [0.2, 0.25) is 5.91 Å². The van der Waals surface area contributed by atoms with Gasteiger partial charge in [0.25, 0.3) is 0 Å². The van der Waals surface area contributed by atoms with Crippen molar-refractivity contribution in [1.82, 2.24) is 4.90 Å². The van der Waals surface area contributed by atoms with Crippen molar-refractivity contribution in [3.05, 3.63) is 41.5 Å². The number of allylic oxidation sites excluding steroid dienone is 1. The van der Waals surface area contributed by atoms with E-state index in [2.05, 4.69) is 24.9 Å². The third-order valence-electron chi connectivity index (χ3n) is 5.34. The van der Waals surface area contributed by atoms with Crippen LogP contribution >= 0.6 is 24.4 Å². The van der Waals surface area contributed by atoms with Crippen LogP contribution < -0.4 is 11.1 Å². The van der Waals surface area contributed by atoms with Gasteiger partial charge in [-0.1, -0.05) is 44.1 Å². The molecule has 0 heterocycles. The van der Waals surface area contributed by atoms with E-state index < -0.39 is 12.0 Å². The fraction of sp³-hybridized carbons (Fsp3) is 0.583. The van der Waals surface area contributed by atoms with Gasteiger partial charge in [0.05, 0.1) is 0 Å². The van der Waals surface area contributed by atoms with Crippen molar-refractivity contribution in [2.24, 2.45) is 5.73 Å². The topological polar surface area (TPSA) is 95.7 Å². The van der Waals surface area contributed by atoms with Gasteiger partial charge in [-0.05, 0) is 49.0 Å². The van der Waals surface area contributed by atoms with E-state index in [0.717, 1.165) is 36.1 Å². The number of carbonyl (C=O) groups is 2. The number of nitrogens with two attached hydrogens (primary N) is 1. The number of anilines is 1. The minimum Gasteiger partial charge on any atom is -0.480 e. The summed E-state index contributed by atoms with van der Waals surface area (Å²) in [4.78, 5) is 26.7. The van der Waals surface area contributed by atoms with Gasteiger partial charge in [0, 0.05) is 37.0 Å². The van der Waals surface area contributed by atoms with Gasteiger partial charge in [0.1, 0.15) is 6.04 Å². The number of amides is 1. The normalized spacial score (nSPS) is 13.2. The first kappa shape index (κ1) is 28.4. The van der Waals surface area contributed by atoms with Crippen LogP contribution in [0.4, 0.5) is 5.69 Å². The molecular weight excluding hydrogens is 442 g/mol. The molecule has 2 atom stereocenters. The molecule has 0 aliphatic carbocycles. The van der Waals surface area contributed by atoms with Gasteiger partial charge in [-0.25, -0.2) is 4.79 Å². The lowest BCUT2D eigenvalue weighted by Crippen LogP contribution is -2.45. The van der Waals surface area contributed by atoms with Crippen LogP contribution in [-0.4, -0.2) is 58.3 Å². The maximum Gasteiger partial charge on any atom is 0.326 e. The highest BCUT2D eigenvalue weighted by Crippen LogP contribution is 2.23. The first-order valence-electron chi connectivity index (χ1n) is 11.2.